The molecule has 0 fully saturated rings. The van der Waals surface area contributed by atoms with Crippen molar-refractivity contribution in [3.8, 4) is 5.75 Å². The van der Waals surface area contributed by atoms with Crippen molar-refractivity contribution in [2.45, 2.75) is 37.8 Å². The fourth-order valence-corrected chi connectivity index (χ4v) is 4.87. The third kappa shape index (κ3) is 6.25. The summed E-state index contributed by atoms with van der Waals surface area (Å²) in [5.41, 5.74) is 1.41. The Morgan fingerprint density at radius 3 is 2.64 bits per heavy atom. The van der Waals surface area contributed by atoms with Gasteiger partial charge in [0.2, 0.25) is 0 Å². The van der Waals surface area contributed by atoms with E-state index in [2.05, 4.69) is 17.0 Å². The van der Waals surface area contributed by atoms with Gasteiger partial charge in [0.05, 0.1) is 16.6 Å². The zero-order valence-corrected chi connectivity index (χ0v) is 20.6. The molecule has 2 N–H and O–H groups in total. The van der Waals surface area contributed by atoms with Gasteiger partial charge in [0.25, 0.3) is 15.9 Å². The summed E-state index contributed by atoms with van der Waals surface area (Å²) in [7, 11) is -0.460. The van der Waals surface area contributed by atoms with Gasteiger partial charge in [0.15, 0.2) is 0 Å². The molecule has 0 bridgehead atoms. The van der Waals surface area contributed by atoms with E-state index in [1.807, 2.05) is 19.9 Å². The van der Waals surface area contributed by atoms with Gasteiger partial charge in [0, 0.05) is 39.0 Å². The van der Waals surface area contributed by atoms with Gasteiger partial charge in [-0.1, -0.05) is 19.1 Å². The molecule has 3 rings (SSSR count). The topological polar surface area (TPSA) is 97.0 Å². The second-order valence-corrected chi connectivity index (χ2v) is 10.4. The van der Waals surface area contributed by atoms with Gasteiger partial charge in [-0.15, -0.1) is 0 Å². The summed E-state index contributed by atoms with van der Waals surface area (Å²) in [6, 6.07) is 11.5. The Bertz CT molecular complexity index is 1090. The average molecular weight is 476 g/mol. The van der Waals surface area contributed by atoms with E-state index in [4.69, 9.17) is 9.47 Å². The minimum Gasteiger partial charge on any atom is -0.491 e. The number of hydrogen-bond donors (Lipinski definition) is 2. The lowest BCUT2D eigenvalue weighted by Gasteiger charge is -2.30. The van der Waals surface area contributed by atoms with E-state index in [9.17, 15) is 13.2 Å². The predicted molar refractivity (Wildman–Crippen MR) is 128 cm³/mol. The third-order valence-electron chi connectivity index (χ3n) is 5.78. The van der Waals surface area contributed by atoms with Crippen LogP contribution in [-0.4, -0.2) is 65.2 Å². The lowest BCUT2D eigenvalue weighted by Crippen LogP contribution is -2.44. The smallest absolute Gasteiger partial charge is 0.261 e. The largest absolute Gasteiger partial charge is 0.491 e. The molecular formula is C24H33N3O5S. The second-order valence-electron chi connectivity index (χ2n) is 8.69. The van der Waals surface area contributed by atoms with Crippen LogP contribution >= 0.6 is 0 Å². The maximum Gasteiger partial charge on any atom is 0.261 e. The molecular weight excluding hydrogens is 442 g/mol. The number of benzene rings is 2. The van der Waals surface area contributed by atoms with Crippen LogP contribution in [-0.2, 0) is 14.8 Å². The molecule has 0 saturated carbocycles. The molecule has 0 spiro atoms. The fourth-order valence-electron chi connectivity index (χ4n) is 3.72. The number of carbonyl (C=O) groups excluding carboxylic acids is 1. The number of nitrogens with one attached hydrogen (secondary N) is 2. The van der Waals surface area contributed by atoms with E-state index in [1.54, 1.807) is 43.3 Å². The van der Waals surface area contributed by atoms with E-state index < -0.39 is 10.0 Å². The van der Waals surface area contributed by atoms with Crippen LogP contribution in [0.5, 0.6) is 5.75 Å². The second kappa shape index (κ2) is 10.5. The highest BCUT2D eigenvalue weighted by atomic mass is 32.2. The first-order chi connectivity index (χ1) is 15.6. The van der Waals surface area contributed by atoms with Crippen molar-refractivity contribution in [2.75, 3.05) is 38.6 Å². The standard InChI is InChI=1S/C24H33N3O5S/c1-16-7-6-8-20(11-16)33(29,30)26-19-9-10-22-21(12-19)24(28)27(4)14-23(31-5)17(2)13-25-18(3)15-32-22/h6-12,17-18,23,25-26H,13-15H2,1-5H3/t17-,18-,23+/m0/s1. The number of likely N-dealkylation sites (N-methyl/N-ethyl adjacent to an activating group) is 1. The van der Waals surface area contributed by atoms with Crippen LogP contribution in [0.15, 0.2) is 47.4 Å². The molecule has 9 heteroatoms. The molecule has 1 heterocycles. The number of methoxy groups -OCH3 is 1. The number of hydrogen-bond acceptors (Lipinski definition) is 6. The SMILES string of the molecule is CO[C@@H]1CN(C)C(=O)c2cc(NS(=O)(=O)c3cccc(C)c3)ccc2OC[C@H](C)NC[C@@H]1C. The molecule has 3 atom stereocenters. The quantitative estimate of drug-likeness (QED) is 0.706. The number of fused-ring (bicyclic) bond motifs is 1. The molecule has 0 radical (unpaired) electrons. The summed E-state index contributed by atoms with van der Waals surface area (Å²) in [5, 5.41) is 3.44. The van der Waals surface area contributed by atoms with Crippen LogP contribution < -0.4 is 14.8 Å². The highest BCUT2D eigenvalue weighted by molar-refractivity contribution is 7.92. The summed E-state index contributed by atoms with van der Waals surface area (Å²) >= 11 is 0. The van der Waals surface area contributed by atoms with Crippen molar-refractivity contribution >= 4 is 21.6 Å². The summed E-state index contributed by atoms with van der Waals surface area (Å²) in [5.74, 6) is 0.317. The summed E-state index contributed by atoms with van der Waals surface area (Å²) in [6.45, 7) is 7.41. The van der Waals surface area contributed by atoms with E-state index in [1.165, 1.54) is 12.1 Å². The first-order valence-electron chi connectivity index (χ1n) is 11.0. The van der Waals surface area contributed by atoms with Gasteiger partial charge in [-0.2, -0.15) is 0 Å². The fraction of sp³-hybridized carbons (Fsp3) is 0.458. The predicted octanol–water partition coefficient (Wildman–Crippen LogP) is 2.89. The number of amides is 1. The van der Waals surface area contributed by atoms with Crippen LogP contribution in [0.1, 0.15) is 29.8 Å². The number of carbonyl (C=O) groups is 1. The number of anilines is 1. The van der Waals surface area contributed by atoms with Crippen molar-refractivity contribution in [3.63, 3.8) is 0 Å². The number of ether oxygens (including phenoxy) is 2. The number of rotatable bonds is 4. The zero-order valence-electron chi connectivity index (χ0n) is 19.8. The van der Waals surface area contributed by atoms with E-state index in [0.717, 1.165) is 12.1 Å². The van der Waals surface area contributed by atoms with Crippen LogP contribution in [0.2, 0.25) is 0 Å². The maximum absolute atomic E-state index is 13.3. The Kier molecular flexibility index (Phi) is 7.99. The van der Waals surface area contributed by atoms with Crippen molar-refractivity contribution in [1.82, 2.24) is 10.2 Å². The molecule has 8 nitrogen and oxygen atoms in total. The molecule has 1 aliphatic rings. The minimum absolute atomic E-state index is 0.0598. The average Bonchev–Trinajstić information content (AvgIpc) is 2.78. The van der Waals surface area contributed by atoms with E-state index >= 15 is 0 Å². The first-order valence-corrected chi connectivity index (χ1v) is 12.5. The summed E-state index contributed by atoms with van der Waals surface area (Å²) < 4.78 is 39.9. The molecule has 1 aliphatic heterocycles. The zero-order chi connectivity index (χ0) is 24.2. The van der Waals surface area contributed by atoms with E-state index in [-0.39, 0.29) is 40.1 Å². The minimum atomic E-state index is -3.81. The van der Waals surface area contributed by atoms with Crippen LogP contribution in [0.4, 0.5) is 5.69 Å². The van der Waals surface area contributed by atoms with Gasteiger partial charge in [-0.05, 0) is 55.7 Å². The molecule has 1 amide bonds. The Morgan fingerprint density at radius 1 is 1.18 bits per heavy atom. The molecule has 33 heavy (non-hydrogen) atoms. The van der Waals surface area contributed by atoms with Gasteiger partial charge in [-0.25, -0.2) is 8.42 Å². The Labute approximate surface area is 196 Å². The van der Waals surface area contributed by atoms with Crippen molar-refractivity contribution in [2.24, 2.45) is 5.92 Å². The van der Waals surface area contributed by atoms with Crippen LogP contribution in [0.3, 0.4) is 0 Å². The molecule has 0 aliphatic carbocycles. The highest BCUT2D eigenvalue weighted by Crippen LogP contribution is 2.27. The highest BCUT2D eigenvalue weighted by Gasteiger charge is 2.26. The molecule has 2 aromatic rings. The van der Waals surface area contributed by atoms with Crippen LogP contribution in [0.25, 0.3) is 0 Å². The van der Waals surface area contributed by atoms with Gasteiger partial charge >= 0.3 is 0 Å². The number of nitrogens with zero attached hydrogens (tertiary/aromatic N) is 1. The van der Waals surface area contributed by atoms with Crippen LogP contribution in [0, 0.1) is 12.8 Å². The molecule has 0 saturated heterocycles. The van der Waals surface area contributed by atoms with E-state index in [0.29, 0.717) is 18.9 Å². The third-order valence-corrected chi connectivity index (χ3v) is 7.16. The van der Waals surface area contributed by atoms with Crippen molar-refractivity contribution in [3.05, 3.63) is 53.6 Å². The lowest BCUT2D eigenvalue weighted by atomic mass is 10.0. The monoisotopic (exact) mass is 475 g/mol. The Hall–Kier alpha value is -2.62. The number of aryl methyl sites for hydroxylation is 1. The Morgan fingerprint density at radius 2 is 1.94 bits per heavy atom. The summed E-state index contributed by atoms with van der Waals surface area (Å²) in [4.78, 5) is 15.1. The lowest BCUT2D eigenvalue weighted by molar-refractivity contribution is 0.0281. The van der Waals surface area contributed by atoms with Gasteiger partial charge in [0.1, 0.15) is 12.4 Å². The van der Waals surface area contributed by atoms with Crippen molar-refractivity contribution in [1.29, 1.82) is 0 Å². The van der Waals surface area contributed by atoms with Gasteiger partial charge in [-0.3, -0.25) is 9.52 Å². The number of sulfonamides is 1. The molecule has 180 valence electrons. The maximum atomic E-state index is 13.3. The molecule has 2 aromatic carbocycles. The van der Waals surface area contributed by atoms with Gasteiger partial charge < -0.3 is 19.7 Å². The normalized spacial score (nSPS) is 22.5. The molecule has 0 unspecified atom stereocenters. The Balaban J connectivity index is 1.94. The molecule has 0 aromatic heterocycles. The summed E-state index contributed by atoms with van der Waals surface area (Å²) in [6.07, 6.45) is -0.148. The van der Waals surface area contributed by atoms with Crippen molar-refractivity contribution < 1.29 is 22.7 Å². The first kappa shape index (κ1) is 25.0.